The number of anilines is 1. The Hall–Kier alpha value is -1.86. The molecular weight excluding hydrogens is 407 g/mol. The number of thiocarbonyl (C=S) groups is 1. The number of halogens is 4. The molecule has 0 unspecified atom stereocenters. The maximum atomic E-state index is 13.1. The molecule has 1 aliphatic rings. The van der Waals surface area contributed by atoms with Crippen molar-refractivity contribution in [1.29, 1.82) is 0 Å². The molecule has 0 radical (unpaired) electrons. The number of benzene rings is 1. The minimum Gasteiger partial charge on any atom is -0.368 e. The van der Waals surface area contributed by atoms with Crippen molar-refractivity contribution in [2.75, 3.05) is 31.1 Å². The van der Waals surface area contributed by atoms with Crippen molar-refractivity contribution < 1.29 is 13.2 Å². The van der Waals surface area contributed by atoms with Gasteiger partial charge in [-0.15, -0.1) is 0 Å². The van der Waals surface area contributed by atoms with Gasteiger partial charge in [-0.2, -0.15) is 13.2 Å². The first-order valence-electron chi connectivity index (χ1n) is 8.97. The molecule has 1 saturated heterocycles. The molecule has 2 aromatic rings. The smallest absolute Gasteiger partial charge is 0.368 e. The molecule has 1 fully saturated rings. The van der Waals surface area contributed by atoms with Crippen LogP contribution in [-0.4, -0.2) is 41.1 Å². The quantitative estimate of drug-likeness (QED) is 0.637. The molecule has 0 saturated carbocycles. The zero-order valence-electron chi connectivity index (χ0n) is 15.7. The molecule has 2 heterocycles. The normalized spacial score (nSPS) is 15.1. The first kappa shape index (κ1) is 20.9. The topological polar surface area (TPSA) is 19.4 Å². The van der Waals surface area contributed by atoms with Gasteiger partial charge in [0.05, 0.1) is 15.6 Å². The number of hydrogen-bond donors (Lipinski definition) is 0. The van der Waals surface area contributed by atoms with Gasteiger partial charge in [0, 0.05) is 49.7 Å². The van der Waals surface area contributed by atoms with E-state index in [0.29, 0.717) is 38.3 Å². The van der Waals surface area contributed by atoms with Crippen molar-refractivity contribution in [2.45, 2.75) is 26.4 Å². The Labute approximate surface area is 173 Å². The van der Waals surface area contributed by atoms with Gasteiger partial charge < -0.3 is 9.80 Å². The summed E-state index contributed by atoms with van der Waals surface area (Å²) in [5.74, 6) is 0. The van der Waals surface area contributed by atoms with Gasteiger partial charge in [-0.1, -0.05) is 23.8 Å². The number of hydrogen-bond acceptors (Lipinski definition) is 3. The third-order valence-corrected chi connectivity index (χ3v) is 5.47. The molecule has 28 heavy (non-hydrogen) atoms. The maximum absolute atomic E-state index is 13.1. The van der Waals surface area contributed by atoms with Crippen LogP contribution < -0.4 is 4.90 Å². The summed E-state index contributed by atoms with van der Waals surface area (Å²) in [4.78, 5) is 9.37. The number of alkyl halides is 3. The molecule has 0 amide bonds. The van der Waals surface area contributed by atoms with Crippen LogP contribution >= 0.6 is 23.8 Å². The molecule has 8 heteroatoms. The number of piperazine rings is 1. The van der Waals surface area contributed by atoms with Crippen molar-refractivity contribution in [3.63, 3.8) is 0 Å². The zero-order valence-corrected chi connectivity index (χ0v) is 17.3. The van der Waals surface area contributed by atoms with Crippen LogP contribution in [0.1, 0.15) is 22.5 Å². The third-order valence-electron chi connectivity index (χ3n) is 4.74. The molecule has 0 atom stereocenters. The van der Waals surface area contributed by atoms with Crippen molar-refractivity contribution in [1.82, 2.24) is 9.88 Å². The Morgan fingerprint density at radius 3 is 2.39 bits per heavy atom. The minimum atomic E-state index is -4.46. The summed E-state index contributed by atoms with van der Waals surface area (Å²) in [6, 6.07) is 8.11. The van der Waals surface area contributed by atoms with Gasteiger partial charge in [-0.3, -0.25) is 4.98 Å². The largest absolute Gasteiger partial charge is 0.417 e. The van der Waals surface area contributed by atoms with Crippen LogP contribution in [0.15, 0.2) is 30.3 Å². The number of aromatic nitrogens is 1. The summed E-state index contributed by atoms with van der Waals surface area (Å²) in [7, 11) is 0. The molecule has 1 aromatic heterocycles. The highest BCUT2D eigenvalue weighted by molar-refractivity contribution is 7.80. The Bertz CT molecular complexity index is 857. The summed E-state index contributed by atoms with van der Waals surface area (Å²) >= 11 is 11.3. The summed E-state index contributed by atoms with van der Waals surface area (Å²) in [6.07, 6.45) is -3.87. The van der Waals surface area contributed by atoms with E-state index in [0.717, 1.165) is 28.0 Å². The van der Waals surface area contributed by atoms with Crippen molar-refractivity contribution in [2.24, 2.45) is 0 Å². The van der Waals surface area contributed by atoms with E-state index in [2.05, 4.69) is 9.88 Å². The van der Waals surface area contributed by atoms with E-state index < -0.39 is 11.7 Å². The molecule has 0 bridgehead atoms. The van der Waals surface area contributed by atoms with Crippen LogP contribution in [0.4, 0.5) is 18.9 Å². The molecule has 1 aliphatic heterocycles. The lowest BCUT2D eigenvalue weighted by Gasteiger charge is -2.37. The lowest BCUT2D eigenvalue weighted by Crippen LogP contribution is -2.48. The maximum Gasteiger partial charge on any atom is 0.417 e. The lowest BCUT2D eigenvalue weighted by molar-refractivity contribution is -0.137. The molecule has 0 spiro atoms. The predicted molar refractivity (Wildman–Crippen MR) is 110 cm³/mol. The van der Waals surface area contributed by atoms with Crippen LogP contribution in [0.3, 0.4) is 0 Å². The molecular formula is C20H21ClF3N3S. The van der Waals surface area contributed by atoms with Crippen LogP contribution in [0.25, 0.3) is 0 Å². The van der Waals surface area contributed by atoms with Crippen molar-refractivity contribution in [3.05, 3.63) is 57.9 Å². The Balaban J connectivity index is 1.63. The van der Waals surface area contributed by atoms with E-state index in [1.54, 1.807) is 6.07 Å². The lowest BCUT2D eigenvalue weighted by atomic mass is 10.1. The van der Waals surface area contributed by atoms with Gasteiger partial charge in [0.2, 0.25) is 0 Å². The Kier molecular flexibility index (Phi) is 6.15. The van der Waals surface area contributed by atoms with E-state index in [1.165, 1.54) is 6.07 Å². The molecule has 0 aliphatic carbocycles. The molecule has 0 N–H and O–H groups in total. The first-order chi connectivity index (χ1) is 13.1. The highest BCUT2D eigenvalue weighted by Crippen LogP contribution is 2.37. The fraction of sp³-hybridized carbons (Fsp3) is 0.400. The van der Waals surface area contributed by atoms with E-state index in [-0.39, 0.29) is 5.02 Å². The second kappa shape index (κ2) is 8.25. The molecule has 1 aromatic carbocycles. The summed E-state index contributed by atoms with van der Waals surface area (Å²) < 4.78 is 39.3. The summed E-state index contributed by atoms with van der Waals surface area (Å²) in [6.45, 7) is 6.50. The van der Waals surface area contributed by atoms with E-state index >= 15 is 0 Å². The van der Waals surface area contributed by atoms with E-state index in [4.69, 9.17) is 23.8 Å². The highest BCUT2D eigenvalue weighted by Gasteiger charge is 2.34. The fourth-order valence-corrected chi connectivity index (χ4v) is 3.98. The van der Waals surface area contributed by atoms with Gasteiger partial charge in [0.1, 0.15) is 0 Å². The van der Waals surface area contributed by atoms with Gasteiger partial charge in [0.15, 0.2) is 0 Å². The highest BCUT2D eigenvalue weighted by atomic mass is 35.5. The van der Waals surface area contributed by atoms with Crippen molar-refractivity contribution >= 4 is 34.5 Å². The average molecular weight is 428 g/mol. The number of pyridine rings is 1. The zero-order chi connectivity index (χ0) is 20.5. The fourth-order valence-electron chi connectivity index (χ4n) is 3.42. The third kappa shape index (κ3) is 4.94. The summed E-state index contributed by atoms with van der Waals surface area (Å²) in [5.41, 5.74) is 2.78. The first-order valence-corrected chi connectivity index (χ1v) is 9.76. The van der Waals surface area contributed by atoms with Crippen LogP contribution in [0.5, 0.6) is 0 Å². The molecule has 3 nitrogen and oxygen atoms in total. The van der Waals surface area contributed by atoms with Gasteiger partial charge in [0.25, 0.3) is 0 Å². The second-order valence-corrected chi connectivity index (χ2v) is 7.86. The standard InChI is InChI=1S/C20H21ClF3N3S/c1-13-9-14(2)25-15(10-13)11-19(28)27-7-5-26(6-8-27)16-3-4-18(21)17(12-16)20(22,23)24/h3-4,9-10,12H,5-8,11H2,1-2H3. The minimum absolute atomic E-state index is 0.281. The monoisotopic (exact) mass is 427 g/mol. The second-order valence-electron chi connectivity index (χ2n) is 6.98. The van der Waals surface area contributed by atoms with E-state index in [1.807, 2.05) is 30.9 Å². The molecule has 3 rings (SSSR count). The SMILES string of the molecule is Cc1cc(C)nc(CC(=S)N2CCN(c3ccc(Cl)c(C(F)(F)F)c3)CC2)c1. The van der Waals surface area contributed by atoms with Crippen LogP contribution in [0.2, 0.25) is 5.02 Å². The summed E-state index contributed by atoms with van der Waals surface area (Å²) in [5, 5.41) is -0.281. The van der Waals surface area contributed by atoms with Crippen LogP contribution in [-0.2, 0) is 12.6 Å². The number of aryl methyl sites for hydroxylation is 2. The van der Waals surface area contributed by atoms with Gasteiger partial charge in [-0.05, 0) is 49.7 Å². The number of rotatable bonds is 3. The van der Waals surface area contributed by atoms with E-state index in [9.17, 15) is 13.2 Å². The van der Waals surface area contributed by atoms with Crippen molar-refractivity contribution in [3.8, 4) is 0 Å². The number of nitrogens with zero attached hydrogens (tertiary/aromatic N) is 3. The molecule has 150 valence electrons. The Morgan fingerprint density at radius 1 is 1.11 bits per heavy atom. The average Bonchev–Trinajstić information content (AvgIpc) is 2.60. The van der Waals surface area contributed by atoms with Crippen LogP contribution in [0, 0.1) is 13.8 Å². The van der Waals surface area contributed by atoms with Gasteiger partial charge >= 0.3 is 6.18 Å². The van der Waals surface area contributed by atoms with Gasteiger partial charge in [-0.25, -0.2) is 0 Å². The predicted octanol–water partition coefficient (Wildman–Crippen LogP) is 5.06. The Morgan fingerprint density at radius 2 is 1.79 bits per heavy atom.